The lowest BCUT2D eigenvalue weighted by molar-refractivity contribution is -0.139. The van der Waals surface area contributed by atoms with Gasteiger partial charge in [0.2, 0.25) is 5.91 Å². The summed E-state index contributed by atoms with van der Waals surface area (Å²) in [7, 11) is 0. The van der Waals surface area contributed by atoms with Crippen molar-refractivity contribution in [2.75, 3.05) is 9.62 Å². The van der Waals surface area contributed by atoms with Crippen LogP contribution in [0.25, 0.3) is 0 Å². The Hall–Kier alpha value is -2.88. The Balaban J connectivity index is 1.35. The van der Waals surface area contributed by atoms with E-state index in [0.717, 1.165) is 22.0 Å². The van der Waals surface area contributed by atoms with Crippen LogP contribution in [0.1, 0.15) is 30.5 Å². The quantitative estimate of drug-likeness (QED) is 0.0843. The van der Waals surface area contributed by atoms with Crippen molar-refractivity contribution in [3.05, 3.63) is 69.6 Å². The number of aromatic nitrogens is 3. The van der Waals surface area contributed by atoms with E-state index in [1.165, 1.54) is 4.31 Å². The molecule has 1 heterocycles. The predicted octanol–water partition coefficient (Wildman–Crippen LogP) is 2.93. The summed E-state index contributed by atoms with van der Waals surface area (Å²) < 4.78 is 25.5. The van der Waals surface area contributed by atoms with Crippen LogP contribution < -0.4 is 15.1 Å². The summed E-state index contributed by atoms with van der Waals surface area (Å²) in [6.07, 6.45) is 4.10. The minimum Gasteiger partial charge on any atom is -0.325 e. The number of hydroxylamine groups is 1. The van der Waals surface area contributed by atoms with E-state index in [9.17, 15) is 18.4 Å². The van der Waals surface area contributed by atoms with Gasteiger partial charge in [-0.1, -0.05) is 30.2 Å². The first kappa shape index (κ1) is 26.2. The molecule has 0 bridgehead atoms. The third-order valence-electron chi connectivity index (χ3n) is 5.77. The third kappa shape index (κ3) is 7.09. The molecule has 1 aliphatic rings. The molecule has 1 aromatic heterocycles. The molecule has 4 rings (SSSR count). The topological polar surface area (TPSA) is 150 Å². The maximum atomic E-state index is 12.6. The average molecular weight is 624 g/mol. The van der Waals surface area contributed by atoms with Crippen molar-refractivity contribution >= 4 is 57.0 Å². The maximum absolute atomic E-state index is 12.6. The summed E-state index contributed by atoms with van der Waals surface area (Å²) in [4.78, 5) is 24.5. The normalized spacial score (nSPS) is 14.6. The largest absolute Gasteiger partial charge is 0.325 e. The molecule has 0 aliphatic heterocycles. The lowest BCUT2D eigenvalue weighted by Gasteiger charge is -2.18. The summed E-state index contributed by atoms with van der Waals surface area (Å²) in [6, 6.07) is 14.3. The fraction of sp³-hybridized carbons (Fsp3) is 0.304. The zero-order valence-corrected chi connectivity index (χ0v) is 22.1. The van der Waals surface area contributed by atoms with E-state index in [0.29, 0.717) is 36.0 Å². The predicted molar refractivity (Wildman–Crippen MR) is 141 cm³/mol. The van der Waals surface area contributed by atoms with Crippen LogP contribution in [0.15, 0.2) is 54.7 Å². The van der Waals surface area contributed by atoms with Crippen LogP contribution in [0.2, 0.25) is 0 Å². The fourth-order valence-corrected chi connectivity index (χ4v) is 4.59. The Morgan fingerprint density at radius 2 is 1.83 bits per heavy atom. The van der Waals surface area contributed by atoms with Gasteiger partial charge in [0.05, 0.1) is 25.0 Å². The van der Waals surface area contributed by atoms with Crippen molar-refractivity contribution < 1.29 is 23.6 Å². The van der Waals surface area contributed by atoms with E-state index < -0.39 is 29.0 Å². The first-order valence-corrected chi connectivity index (χ1v) is 13.3. The van der Waals surface area contributed by atoms with Gasteiger partial charge in [-0.2, -0.15) is 0 Å². The van der Waals surface area contributed by atoms with E-state index in [1.54, 1.807) is 40.6 Å². The van der Waals surface area contributed by atoms with E-state index in [2.05, 4.69) is 38.2 Å². The van der Waals surface area contributed by atoms with Crippen LogP contribution >= 0.6 is 22.6 Å². The Morgan fingerprint density at radius 3 is 2.44 bits per heavy atom. The molecule has 1 saturated carbocycles. The van der Waals surface area contributed by atoms with Gasteiger partial charge in [-0.15, -0.1) is 5.10 Å². The molecule has 2 unspecified atom stereocenters. The van der Waals surface area contributed by atoms with Gasteiger partial charge in [0, 0.05) is 9.26 Å². The summed E-state index contributed by atoms with van der Waals surface area (Å²) >= 11 is -0.0579. The van der Waals surface area contributed by atoms with Crippen molar-refractivity contribution in [1.82, 2.24) is 20.5 Å². The highest BCUT2D eigenvalue weighted by Gasteiger charge is 2.34. The zero-order chi connectivity index (χ0) is 25.7. The van der Waals surface area contributed by atoms with Gasteiger partial charge in [0.1, 0.15) is 11.6 Å². The number of amides is 2. The van der Waals surface area contributed by atoms with Crippen molar-refractivity contribution in [1.29, 1.82) is 0 Å². The van der Waals surface area contributed by atoms with Crippen LogP contribution in [-0.2, 0) is 33.9 Å². The monoisotopic (exact) mass is 624 g/mol. The molecule has 2 aromatic carbocycles. The highest BCUT2D eigenvalue weighted by molar-refractivity contribution is 14.1. The van der Waals surface area contributed by atoms with E-state index in [1.807, 2.05) is 24.3 Å². The number of hydrogen-bond acceptors (Lipinski definition) is 6. The lowest BCUT2D eigenvalue weighted by atomic mass is 10.0. The Bertz CT molecular complexity index is 1230. The van der Waals surface area contributed by atoms with Crippen molar-refractivity contribution in [3.63, 3.8) is 0 Å². The molecule has 190 valence electrons. The molecule has 3 aromatic rings. The summed E-state index contributed by atoms with van der Waals surface area (Å²) in [6.45, 7) is 0.516. The van der Waals surface area contributed by atoms with Crippen molar-refractivity contribution in [2.45, 2.75) is 32.4 Å². The van der Waals surface area contributed by atoms with Gasteiger partial charge in [0.15, 0.2) is 0 Å². The summed E-state index contributed by atoms with van der Waals surface area (Å²) in [5.74, 6) is -1.76. The third-order valence-corrected chi connectivity index (χ3v) is 7.21. The standard InChI is InChI=1S/C23H25IN6O5S/c24-17-5-9-20(10-6-17)30(36(34)35)14-19-13-29(28-26-19)12-16-3-7-18(8-4-16)25-22(31)21(23(32)27-33)11-15-1-2-15/h3-10,13,15,21,33H,1-2,11-12,14H2,(H,25,31)(H,27,32)(H,34,35). The first-order valence-electron chi connectivity index (χ1n) is 11.2. The molecule has 2 amide bonds. The van der Waals surface area contributed by atoms with E-state index in [-0.39, 0.29) is 6.54 Å². The number of hydrogen-bond donors (Lipinski definition) is 4. The van der Waals surface area contributed by atoms with E-state index in [4.69, 9.17) is 5.21 Å². The average Bonchev–Trinajstić information content (AvgIpc) is 3.59. The molecule has 11 nitrogen and oxygen atoms in total. The number of halogens is 1. The minimum absolute atomic E-state index is 0.109. The molecule has 4 N–H and O–H groups in total. The number of anilines is 2. The van der Waals surface area contributed by atoms with Gasteiger partial charge in [-0.25, -0.2) is 14.4 Å². The molecular formula is C23H25IN6O5S. The van der Waals surface area contributed by atoms with Crippen LogP contribution in [0.3, 0.4) is 0 Å². The molecule has 0 saturated heterocycles. The summed E-state index contributed by atoms with van der Waals surface area (Å²) in [5, 5.41) is 19.9. The minimum atomic E-state index is -2.22. The second-order valence-corrected chi connectivity index (χ2v) is 10.7. The Morgan fingerprint density at radius 1 is 1.14 bits per heavy atom. The van der Waals surface area contributed by atoms with Crippen molar-refractivity contribution in [2.24, 2.45) is 11.8 Å². The number of carbonyl (C=O) groups excluding carboxylic acids is 2. The smallest absolute Gasteiger partial charge is 0.262 e. The molecule has 36 heavy (non-hydrogen) atoms. The Kier molecular flexibility index (Phi) is 8.66. The number of benzene rings is 2. The second kappa shape index (κ2) is 11.9. The highest BCUT2D eigenvalue weighted by Crippen LogP contribution is 2.35. The molecule has 1 fully saturated rings. The van der Waals surface area contributed by atoms with Gasteiger partial charge in [-0.05, 0) is 76.9 Å². The molecule has 0 radical (unpaired) electrons. The molecule has 2 atom stereocenters. The zero-order valence-electron chi connectivity index (χ0n) is 19.1. The number of nitrogens with one attached hydrogen (secondary N) is 2. The SMILES string of the molecule is O=C(NO)C(CC1CC1)C(=O)Nc1ccc(Cn2cc(CN(c3ccc(I)cc3)S(=O)O)nn2)cc1. The first-order chi connectivity index (χ1) is 17.3. The molecule has 1 aliphatic carbocycles. The highest BCUT2D eigenvalue weighted by atomic mass is 127. The van der Waals surface area contributed by atoms with Gasteiger partial charge >= 0.3 is 0 Å². The van der Waals surface area contributed by atoms with Crippen LogP contribution in [0, 0.1) is 15.4 Å². The van der Waals surface area contributed by atoms with Crippen LogP contribution in [0.5, 0.6) is 0 Å². The Labute approximate surface area is 223 Å². The molecule has 13 heteroatoms. The lowest BCUT2D eigenvalue weighted by Crippen LogP contribution is -2.37. The number of nitrogens with zero attached hydrogens (tertiary/aromatic N) is 4. The van der Waals surface area contributed by atoms with Gasteiger partial charge in [-0.3, -0.25) is 23.7 Å². The second-order valence-electron chi connectivity index (χ2n) is 8.55. The maximum Gasteiger partial charge on any atom is 0.262 e. The van der Waals surface area contributed by atoms with Crippen LogP contribution in [0.4, 0.5) is 11.4 Å². The number of rotatable bonds is 11. The van der Waals surface area contributed by atoms with E-state index >= 15 is 0 Å². The van der Waals surface area contributed by atoms with Gasteiger partial charge in [0.25, 0.3) is 17.2 Å². The van der Waals surface area contributed by atoms with Gasteiger partial charge < -0.3 is 5.32 Å². The summed E-state index contributed by atoms with van der Waals surface area (Å²) in [5.41, 5.74) is 4.14. The molecular weight excluding hydrogens is 599 g/mol. The number of carbonyl (C=O) groups is 2. The fourth-order valence-electron chi connectivity index (χ4n) is 3.69. The van der Waals surface area contributed by atoms with Crippen LogP contribution in [-0.4, -0.2) is 40.8 Å². The molecule has 0 spiro atoms. The van der Waals surface area contributed by atoms with Crippen molar-refractivity contribution in [3.8, 4) is 0 Å².